The zero-order valence-corrected chi connectivity index (χ0v) is 11.5. The highest BCUT2D eigenvalue weighted by atomic mass is 35.5. The Morgan fingerprint density at radius 2 is 2.11 bits per heavy atom. The summed E-state index contributed by atoms with van der Waals surface area (Å²) in [4.78, 5) is 0. The molecule has 0 fully saturated rings. The lowest BCUT2D eigenvalue weighted by Crippen LogP contribution is -2.17. The largest absolute Gasteiger partial charge is 0.486 e. The molecule has 0 aromatic heterocycles. The number of hydrogen-bond donors (Lipinski definition) is 1. The van der Waals surface area contributed by atoms with Gasteiger partial charge in [0, 0.05) is 13.0 Å². The van der Waals surface area contributed by atoms with Gasteiger partial charge in [-0.05, 0) is 37.1 Å². The molecule has 0 saturated heterocycles. The maximum Gasteiger partial charge on any atom is 0.179 e. The lowest BCUT2D eigenvalue weighted by Gasteiger charge is -2.20. The second-order valence-corrected chi connectivity index (χ2v) is 4.80. The molecule has 0 atom stereocenters. The molecular formula is C14H17ClN2O2. The van der Waals surface area contributed by atoms with Crippen LogP contribution in [0, 0.1) is 11.3 Å². The maximum atomic E-state index is 8.43. The number of fused-ring (bicyclic) bond motifs is 1. The van der Waals surface area contributed by atoms with Crippen LogP contribution in [0.3, 0.4) is 0 Å². The van der Waals surface area contributed by atoms with E-state index in [9.17, 15) is 0 Å². The fourth-order valence-electron chi connectivity index (χ4n) is 1.95. The van der Waals surface area contributed by atoms with Crippen LogP contribution in [0.15, 0.2) is 12.1 Å². The molecule has 102 valence electrons. The molecule has 1 aliphatic heterocycles. The van der Waals surface area contributed by atoms with Crippen molar-refractivity contribution in [2.45, 2.75) is 25.8 Å². The number of nitriles is 1. The second-order valence-electron chi connectivity index (χ2n) is 4.39. The van der Waals surface area contributed by atoms with Gasteiger partial charge < -0.3 is 14.8 Å². The van der Waals surface area contributed by atoms with Crippen LogP contribution in [-0.4, -0.2) is 19.8 Å². The Kier molecular flexibility index (Phi) is 5.31. The predicted octanol–water partition coefficient (Wildman–Crippen LogP) is 2.89. The number of hydrogen-bond acceptors (Lipinski definition) is 4. The van der Waals surface area contributed by atoms with Crippen molar-refractivity contribution in [1.82, 2.24) is 5.32 Å². The third-order valence-corrected chi connectivity index (χ3v) is 3.16. The number of benzene rings is 1. The Hall–Kier alpha value is -1.44. The first-order valence-electron chi connectivity index (χ1n) is 6.47. The molecule has 0 unspecified atom stereocenters. The average Bonchev–Trinajstić information content (AvgIpc) is 2.43. The van der Waals surface area contributed by atoms with Gasteiger partial charge in [0.05, 0.1) is 11.1 Å². The average molecular weight is 281 g/mol. The Morgan fingerprint density at radius 3 is 2.95 bits per heavy atom. The van der Waals surface area contributed by atoms with Gasteiger partial charge in [-0.2, -0.15) is 5.26 Å². The molecule has 0 saturated carbocycles. The summed E-state index contributed by atoms with van der Waals surface area (Å²) in [6.07, 6.45) is 2.56. The van der Waals surface area contributed by atoms with Crippen LogP contribution in [0.2, 0.25) is 5.02 Å². The fourth-order valence-corrected chi connectivity index (χ4v) is 2.24. The van der Waals surface area contributed by atoms with E-state index in [-0.39, 0.29) is 0 Å². The van der Waals surface area contributed by atoms with E-state index in [1.165, 1.54) is 0 Å². The summed E-state index contributed by atoms with van der Waals surface area (Å²) in [5, 5.41) is 12.4. The van der Waals surface area contributed by atoms with Crippen LogP contribution in [-0.2, 0) is 6.54 Å². The summed E-state index contributed by atoms with van der Waals surface area (Å²) in [5.74, 6) is 1.37. The SMILES string of the molecule is N#CCCCCNCc1cc(Cl)c2c(c1)OCCO2. The molecule has 1 heterocycles. The van der Waals surface area contributed by atoms with Gasteiger partial charge in [0.15, 0.2) is 11.5 Å². The van der Waals surface area contributed by atoms with E-state index in [0.29, 0.717) is 30.4 Å². The third kappa shape index (κ3) is 4.02. The first-order valence-corrected chi connectivity index (χ1v) is 6.85. The van der Waals surface area contributed by atoms with Gasteiger partial charge in [0.1, 0.15) is 13.2 Å². The zero-order chi connectivity index (χ0) is 13.5. The quantitative estimate of drug-likeness (QED) is 0.814. The lowest BCUT2D eigenvalue weighted by molar-refractivity contribution is 0.171. The topological polar surface area (TPSA) is 54.3 Å². The number of unbranched alkanes of at least 4 members (excludes halogenated alkanes) is 2. The summed E-state index contributed by atoms with van der Waals surface area (Å²) in [6, 6.07) is 6.00. The molecule has 2 rings (SSSR count). The molecule has 0 spiro atoms. The van der Waals surface area contributed by atoms with Crippen molar-refractivity contribution in [1.29, 1.82) is 5.26 Å². The van der Waals surface area contributed by atoms with E-state index < -0.39 is 0 Å². The van der Waals surface area contributed by atoms with Gasteiger partial charge in [0.25, 0.3) is 0 Å². The van der Waals surface area contributed by atoms with E-state index in [2.05, 4.69) is 11.4 Å². The second kappa shape index (κ2) is 7.22. The third-order valence-electron chi connectivity index (χ3n) is 2.88. The summed E-state index contributed by atoms with van der Waals surface area (Å²) < 4.78 is 11.0. The van der Waals surface area contributed by atoms with E-state index in [0.717, 1.165) is 37.2 Å². The lowest BCUT2D eigenvalue weighted by atomic mass is 10.2. The number of halogens is 1. The summed E-state index contributed by atoms with van der Waals surface area (Å²) in [5.41, 5.74) is 1.08. The van der Waals surface area contributed by atoms with Crippen molar-refractivity contribution >= 4 is 11.6 Å². The van der Waals surface area contributed by atoms with Crippen molar-refractivity contribution in [3.8, 4) is 17.6 Å². The first-order chi connectivity index (χ1) is 9.31. The van der Waals surface area contributed by atoms with Crippen molar-refractivity contribution < 1.29 is 9.47 Å². The summed E-state index contributed by atoms with van der Waals surface area (Å²) in [7, 11) is 0. The highest BCUT2D eigenvalue weighted by molar-refractivity contribution is 6.32. The van der Waals surface area contributed by atoms with Crippen LogP contribution >= 0.6 is 11.6 Å². The molecule has 0 bridgehead atoms. The normalized spacial score (nSPS) is 13.1. The summed E-state index contributed by atoms with van der Waals surface area (Å²) >= 11 is 6.16. The standard InChI is InChI=1S/C14H17ClN2O2/c15-12-8-11(10-17-5-3-1-2-4-16)9-13-14(12)19-7-6-18-13/h8-9,17H,1-3,5-7,10H2. The number of ether oxygens (including phenoxy) is 2. The van der Waals surface area contributed by atoms with Crippen molar-refractivity contribution in [3.05, 3.63) is 22.7 Å². The van der Waals surface area contributed by atoms with Gasteiger partial charge in [-0.3, -0.25) is 0 Å². The van der Waals surface area contributed by atoms with Crippen molar-refractivity contribution in [3.63, 3.8) is 0 Å². The molecule has 1 aromatic carbocycles. The zero-order valence-electron chi connectivity index (χ0n) is 10.7. The molecule has 1 aromatic rings. The van der Waals surface area contributed by atoms with Crippen molar-refractivity contribution in [2.24, 2.45) is 0 Å². The van der Waals surface area contributed by atoms with Gasteiger partial charge in [-0.1, -0.05) is 11.6 Å². The molecular weight excluding hydrogens is 264 g/mol. The van der Waals surface area contributed by atoms with Gasteiger partial charge in [-0.25, -0.2) is 0 Å². The van der Waals surface area contributed by atoms with Crippen LogP contribution < -0.4 is 14.8 Å². The molecule has 1 aliphatic rings. The molecule has 1 N–H and O–H groups in total. The van der Waals surface area contributed by atoms with E-state index in [1.54, 1.807) is 0 Å². The molecule has 0 aliphatic carbocycles. The van der Waals surface area contributed by atoms with Gasteiger partial charge >= 0.3 is 0 Å². The van der Waals surface area contributed by atoms with Gasteiger partial charge in [0.2, 0.25) is 0 Å². The number of nitrogens with one attached hydrogen (secondary N) is 1. The maximum absolute atomic E-state index is 8.43. The molecule has 4 nitrogen and oxygen atoms in total. The predicted molar refractivity (Wildman–Crippen MR) is 73.6 cm³/mol. The molecule has 0 amide bonds. The van der Waals surface area contributed by atoms with Crippen LogP contribution in [0.4, 0.5) is 0 Å². The number of nitrogens with zero attached hydrogens (tertiary/aromatic N) is 1. The highest BCUT2D eigenvalue weighted by Crippen LogP contribution is 2.38. The van der Waals surface area contributed by atoms with Crippen molar-refractivity contribution in [2.75, 3.05) is 19.8 Å². The Morgan fingerprint density at radius 1 is 1.26 bits per heavy atom. The Balaban J connectivity index is 1.84. The minimum absolute atomic E-state index is 0.545. The summed E-state index contributed by atoms with van der Waals surface area (Å²) in [6.45, 7) is 2.74. The highest BCUT2D eigenvalue weighted by Gasteiger charge is 2.16. The molecule has 0 radical (unpaired) electrons. The van der Waals surface area contributed by atoms with E-state index in [4.69, 9.17) is 26.3 Å². The van der Waals surface area contributed by atoms with Crippen LogP contribution in [0.5, 0.6) is 11.5 Å². The van der Waals surface area contributed by atoms with E-state index >= 15 is 0 Å². The fraction of sp³-hybridized carbons (Fsp3) is 0.500. The monoisotopic (exact) mass is 280 g/mol. The van der Waals surface area contributed by atoms with Crippen LogP contribution in [0.1, 0.15) is 24.8 Å². The molecule has 5 heteroatoms. The van der Waals surface area contributed by atoms with Crippen LogP contribution in [0.25, 0.3) is 0 Å². The molecule has 19 heavy (non-hydrogen) atoms. The Bertz CT molecular complexity index is 471. The first kappa shape index (κ1) is 14.0. The minimum atomic E-state index is 0.545. The number of rotatable bonds is 6. The minimum Gasteiger partial charge on any atom is -0.486 e. The van der Waals surface area contributed by atoms with Gasteiger partial charge in [-0.15, -0.1) is 0 Å². The van der Waals surface area contributed by atoms with E-state index in [1.807, 2.05) is 12.1 Å². The smallest absolute Gasteiger partial charge is 0.179 e. The Labute approximate surface area is 118 Å².